The number of rotatable bonds is 2. The number of hydrogen-bond donors (Lipinski definition) is 2. The van der Waals surface area contributed by atoms with Gasteiger partial charge in [-0.1, -0.05) is 23.3 Å². The van der Waals surface area contributed by atoms with Crippen LogP contribution in [0.3, 0.4) is 0 Å². The van der Waals surface area contributed by atoms with E-state index in [0.717, 1.165) is 17.9 Å². The minimum atomic E-state index is 0.542. The highest BCUT2D eigenvalue weighted by molar-refractivity contribution is 6.29. The van der Waals surface area contributed by atoms with Gasteiger partial charge >= 0.3 is 0 Å². The molecule has 0 amide bonds. The SMILES string of the molecule is ONCC1=CC=C(Cl)CC1. The van der Waals surface area contributed by atoms with Gasteiger partial charge in [-0.15, -0.1) is 0 Å². The van der Waals surface area contributed by atoms with Crippen molar-refractivity contribution in [2.24, 2.45) is 0 Å². The van der Waals surface area contributed by atoms with Gasteiger partial charge in [-0.2, -0.15) is 0 Å². The molecule has 10 heavy (non-hydrogen) atoms. The van der Waals surface area contributed by atoms with Crippen molar-refractivity contribution in [3.63, 3.8) is 0 Å². The summed E-state index contributed by atoms with van der Waals surface area (Å²) in [6.45, 7) is 0.542. The molecule has 2 nitrogen and oxygen atoms in total. The van der Waals surface area contributed by atoms with Crippen LogP contribution in [0.4, 0.5) is 0 Å². The summed E-state index contributed by atoms with van der Waals surface area (Å²) in [5, 5.41) is 9.23. The predicted octanol–water partition coefficient (Wildman–Crippen LogP) is 1.81. The summed E-state index contributed by atoms with van der Waals surface area (Å²) in [5.74, 6) is 0. The highest BCUT2D eigenvalue weighted by Crippen LogP contribution is 2.19. The van der Waals surface area contributed by atoms with E-state index < -0.39 is 0 Å². The molecule has 1 rings (SSSR count). The molecule has 0 aliphatic heterocycles. The molecule has 3 heteroatoms. The van der Waals surface area contributed by atoms with Gasteiger partial charge in [-0.05, 0) is 18.9 Å². The van der Waals surface area contributed by atoms with Crippen LogP contribution >= 0.6 is 11.6 Å². The van der Waals surface area contributed by atoms with Gasteiger partial charge in [0.25, 0.3) is 0 Å². The Morgan fingerprint density at radius 1 is 1.50 bits per heavy atom. The quantitative estimate of drug-likeness (QED) is 0.603. The fourth-order valence-electron chi connectivity index (χ4n) is 0.904. The molecular formula is C7H10ClNO. The number of hydrogen-bond acceptors (Lipinski definition) is 2. The van der Waals surface area contributed by atoms with Gasteiger partial charge in [0.1, 0.15) is 0 Å². The van der Waals surface area contributed by atoms with Crippen LogP contribution in [0, 0.1) is 0 Å². The van der Waals surface area contributed by atoms with E-state index in [0.29, 0.717) is 6.54 Å². The summed E-state index contributed by atoms with van der Waals surface area (Å²) in [6, 6.07) is 0. The second-order valence-electron chi connectivity index (χ2n) is 2.27. The lowest BCUT2D eigenvalue weighted by atomic mass is 10.1. The van der Waals surface area contributed by atoms with Gasteiger partial charge in [0.2, 0.25) is 0 Å². The van der Waals surface area contributed by atoms with E-state index in [4.69, 9.17) is 16.8 Å². The molecule has 0 unspecified atom stereocenters. The van der Waals surface area contributed by atoms with Crippen molar-refractivity contribution in [1.82, 2.24) is 5.48 Å². The zero-order valence-electron chi connectivity index (χ0n) is 5.60. The van der Waals surface area contributed by atoms with Gasteiger partial charge < -0.3 is 5.21 Å². The van der Waals surface area contributed by atoms with Crippen LogP contribution in [0.25, 0.3) is 0 Å². The maximum Gasteiger partial charge on any atom is 0.0420 e. The fraction of sp³-hybridized carbons (Fsp3) is 0.429. The average Bonchev–Trinajstić information content (AvgIpc) is 1.95. The van der Waals surface area contributed by atoms with Gasteiger partial charge in [-0.3, -0.25) is 0 Å². The number of hydroxylamine groups is 1. The Kier molecular flexibility index (Phi) is 2.93. The molecule has 0 aromatic heterocycles. The van der Waals surface area contributed by atoms with E-state index in [2.05, 4.69) is 5.48 Å². The Morgan fingerprint density at radius 3 is 2.80 bits per heavy atom. The molecule has 0 spiro atoms. The normalized spacial score (nSPS) is 18.2. The van der Waals surface area contributed by atoms with E-state index in [-0.39, 0.29) is 0 Å². The van der Waals surface area contributed by atoms with Gasteiger partial charge in [0.05, 0.1) is 0 Å². The van der Waals surface area contributed by atoms with Crippen molar-refractivity contribution in [3.8, 4) is 0 Å². The number of nitrogens with one attached hydrogen (secondary N) is 1. The van der Waals surface area contributed by atoms with E-state index in [1.165, 1.54) is 5.57 Å². The van der Waals surface area contributed by atoms with Crippen LogP contribution in [0.1, 0.15) is 12.8 Å². The second kappa shape index (κ2) is 3.76. The van der Waals surface area contributed by atoms with E-state index in [1.54, 1.807) is 0 Å². The van der Waals surface area contributed by atoms with Crippen molar-refractivity contribution >= 4 is 11.6 Å². The Balaban J connectivity index is 2.47. The van der Waals surface area contributed by atoms with Crippen molar-refractivity contribution in [2.75, 3.05) is 6.54 Å². The summed E-state index contributed by atoms with van der Waals surface area (Å²) in [6.07, 6.45) is 5.66. The number of allylic oxidation sites excluding steroid dienone is 3. The molecule has 0 bridgehead atoms. The van der Waals surface area contributed by atoms with Crippen LogP contribution in [0.15, 0.2) is 22.8 Å². The maximum atomic E-state index is 8.34. The highest BCUT2D eigenvalue weighted by Gasteiger charge is 2.02. The molecule has 0 atom stereocenters. The summed E-state index contributed by atoms with van der Waals surface area (Å²) in [7, 11) is 0. The lowest BCUT2D eigenvalue weighted by molar-refractivity contribution is 0.176. The molecule has 0 fully saturated rings. The van der Waals surface area contributed by atoms with E-state index in [9.17, 15) is 0 Å². The molecule has 1 aliphatic carbocycles. The molecule has 0 saturated carbocycles. The lowest BCUT2D eigenvalue weighted by Gasteiger charge is -2.08. The van der Waals surface area contributed by atoms with Crippen LogP contribution in [-0.4, -0.2) is 11.8 Å². The Labute approximate surface area is 65.1 Å². The van der Waals surface area contributed by atoms with Crippen LogP contribution in [0.5, 0.6) is 0 Å². The molecular weight excluding hydrogens is 150 g/mol. The van der Waals surface area contributed by atoms with Crippen molar-refractivity contribution < 1.29 is 5.21 Å². The van der Waals surface area contributed by atoms with Crippen molar-refractivity contribution in [3.05, 3.63) is 22.8 Å². The summed E-state index contributed by atoms with van der Waals surface area (Å²) < 4.78 is 0. The third kappa shape index (κ3) is 2.14. The second-order valence-corrected chi connectivity index (χ2v) is 2.76. The third-order valence-electron chi connectivity index (χ3n) is 1.49. The Morgan fingerprint density at radius 2 is 2.30 bits per heavy atom. The van der Waals surface area contributed by atoms with Gasteiger partial charge in [0, 0.05) is 11.6 Å². The lowest BCUT2D eigenvalue weighted by Crippen LogP contribution is -2.12. The van der Waals surface area contributed by atoms with Crippen molar-refractivity contribution in [1.29, 1.82) is 0 Å². The van der Waals surface area contributed by atoms with E-state index >= 15 is 0 Å². The fourth-order valence-corrected chi connectivity index (χ4v) is 1.06. The molecule has 0 radical (unpaired) electrons. The smallest absolute Gasteiger partial charge is 0.0420 e. The highest BCUT2D eigenvalue weighted by atomic mass is 35.5. The predicted molar refractivity (Wildman–Crippen MR) is 41.0 cm³/mol. The molecule has 0 saturated heterocycles. The topological polar surface area (TPSA) is 32.3 Å². The Hall–Kier alpha value is -0.310. The summed E-state index contributed by atoms with van der Waals surface area (Å²) in [4.78, 5) is 0. The standard InChI is InChI=1S/C7H10ClNO/c8-7-3-1-6(2-4-7)5-9-10/h1,3,9-10H,2,4-5H2. The first kappa shape index (κ1) is 7.79. The van der Waals surface area contributed by atoms with E-state index in [1.807, 2.05) is 12.2 Å². The van der Waals surface area contributed by atoms with Gasteiger partial charge in [-0.25, -0.2) is 5.48 Å². The average molecular weight is 160 g/mol. The summed E-state index contributed by atoms with van der Waals surface area (Å²) >= 11 is 5.72. The zero-order chi connectivity index (χ0) is 7.40. The first-order chi connectivity index (χ1) is 4.83. The monoisotopic (exact) mass is 159 g/mol. The molecule has 0 heterocycles. The van der Waals surface area contributed by atoms with Crippen molar-refractivity contribution in [2.45, 2.75) is 12.8 Å². The van der Waals surface area contributed by atoms with Crippen LogP contribution < -0.4 is 5.48 Å². The number of halogens is 1. The molecule has 2 N–H and O–H groups in total. The zero-order valence-corrected chi connectivity index (χ0v) is 6.36. The van der Waals surface area contributed by atoms with Gasteiger partial charge in [0.15, 0.2) is 0 Å². The minimum absolute atomic E-state index is 0.542. The molecule has 1 aliphatic rings. The Bertz CT molecular complexity index is 170. The first-order valence-corrected chi connectivity index (χ1v) is 3.62. The first-order valence-electron chi connectivity index (χ1n) is 3.24. The molecule has 56 valence electrons. The van der Waals surface area contributed by atoms with Crippen LogP contribution in [-0.2, 0) is 0 Å². The maximum absolute atomic E-state index is 8.34. The summed E-state index contributed by atoms with van der Waals surface area (Å²) in [5.41, 5.74) is 3.30. The third-order valence-corrected chi connectivity index (χ3v) is 1.81. The minimum Gasteiger partial charge on any atom is -0.317 e. The largest absolute Gasteiger partial charge is 0.317 e. The molecule has 0 aromatic carbocycles. The molecule has 0 aromatic rings. The van der Waals surface area contributed by atoms with Crippen LogP contribution in [0.2, 0.25) is 0 Å².